The van der Waals surface area contributed by atoms with Crippen molar-refractivity contribution in [2.24, 2.45) is 5.92 Å². The average Bonchev–Trinajstić information content (AvgIpc) is 2.93. The lowest BCUT2D eigenvalue weighted by molar-refractivity contribution is -0.123. The number of carbonyl (C=O) groups excluding carboxylic acids is 1. The van der Waals surface area contributed by atoms with E-state index in [0.29, 0.717) is 0 Å². The maximum atomic E-state index is 11.4. The Morgan fingerprint density at radius 1 is 1.21 bits per heavy atom. The minimum Gasteiger partial charge on any atom is -0.372 e. The van der Waals surface area contributed by atoms with E-state index in [2.05, 4.69) is 34.5 Å². The molecule has 3 heteroatoms. The third kappa shape index (κ3) is 3.98. The Bertz CT molecular complexity index is 405. The molecule has 1 amide bonds. The first kappa shape index (κ1) is 13.9. The van der Waals surface area contributed by atoms with Gasteiger partial charge in [0.1, 0.15) is 0 Å². The minimum atomic E-state index is 0.0672. The molecule has 19 heavy (non-hydrogen) atoms. The number of rotatable bonds is 5. The van der Waals surface area contributed by atoms with Crippen molar-refractivity contribution in [3.05, 3.63) is 29.8 Å². The smallest absolute Gasteiger partial charge is 0.222 e. The molecule has 1 aliphatic heterocycles. The van der Waals surface area contributed by atoms with Crippen LogP contribution < -0.4 is 10.2 Å². The van der Waals surface area contributed by atoms with E-state index >= 15 is 0 Å². The number of anilines is 1. The van der Waals surface area contributed by atoms with Crippen LogP contribution in [0.2, 0.25) is 0 Å². The van der Waals surface area contributed by atoms with Crippen LogP contribution in [0.3, 0.4) is 0 Å². The molecule has 0 radical (unpaired) electrons. The van der Waals surface area contributed by atoms with Gasteiger partial charge in [0.25, 0.3) is 0 Å². The molecule has 0 bridgehead atoms. The normalized spacial score (nSPS) is 15.0. The third-order valence-corrected chi connectivity index (χ3v) is 3.64. The summed E-state index contributed by atoms with van der Waals surface area (Å²) in [6.07, 6.45) is 3.52. The number of hydrogen-bond acceptors (Lipinski definition) is 2. The molecule has 3 nitrogen and oxygen atoms in total. The molecule has 0 spiro atoms. The van der Waals surface area contributed by atoms with Gasteiger partial charge in [-0.2, -0.15) is 0 Å². The van der Waals surface area contributed by atoms with Gasteiger partial charge in [-0.25, -0.2) is 0 Å². The topological polar surface area (TPSA) is 32.3 Å². The molecule has 1 N–H and O–H groups in total. The summed E-state index contributed by atoms with van der Waals surface area (Å²) in [5.74, 6) is 0.200. The quantitative estimate of drug-likeness (QED) is 0.882. The molecule has 0 atom stereocenters. The van der Waals surface area contributed by atoms with Crippen molar-refractivity contribution in [1.82, 2.24) is 5.32 Å². The van der Waals surface area contributed by atoms with Crippen LogP contribution in [-0.4, -0.2) is 25.5 Å². The molecule has 1 saturated heterocycles. The second-order valence-corrected chi connectivity index (χ2v) is 5.56. The van der Waals surface area contributed by atoms with E-state index in [1.54, 1.807) is 0 Å². The number of nitrogens with zero attached hydrogens (tertiary/aromatic N) is 1. The van der Waals surface area contributed by atoms with Gasteiger partial charge in [-0.05, 0) is 37.0 Å². The van der Waals surface area contributed by atoms with E-state index in [1.807, 2.05) is 13.8 Å². The third-order valence-electron chi connectivity index (χ3n) is 3.64. The molecular weight excluding hydrogens is 236 g/mol. The van der Waals surface area contributed by atoms with Gasteiger partial charge in [-0.15, -0.1) is 0 Å². The SMILES string of the molecule is CC(C)C(=O)NCCc1ccc(N2CCCC2)cc1. The van der Waals surface area contributed by atoms with Crippen LogP contribution in [0.15, 0.2) is 24.3 Å². The highest BCUT2D eigenvalue weighted by molar-refractivity contribution is 5.77. The molecule has 0 saturated carbocycles. The zero-order valence-electron chi connectivity index (χ0n) is 12.0. The lowest BCUT2D eigenvalue weighted by atomic mass is 10.1. The Morgan fingerprint density at radius 2 is 1.84 bits per heavy atom. The Hall–Kier alpha value is -1.51. The van der Waals surface area contributed by atoms with Crippen LogP contribution in [-0.2, 0) is 11.2 Å². The van der Waals surface area contributed by atoms with Crippen LogP contribution >= 0.6 is 0 Å². The van der Waals surface area contributed by atoms with Crippen molar-refractivity contribution in [2.75, 3.05) is 24.5 Å². The monoisotopic (exact) mass is 260 g/mol. The standard InChI is InChI=1S/C16H24N2O/c1-13(2)16(19)17-10-9-14-5-7-15(8-6-14)18-11-3-4-12-18/h5-8,13H,3-4,9-12H2,1-2H3,(H,17,19). The molecule has 2 rings (SSSR count). The summed E-state index contributed by atoms with van der Waals surface area (Å²) in [5.41, 5.74) is 2.61. The Labute approximate surface area is 116 Å². The van der Waals surface area contributed by atoms with E-state index in [4.69, 9.17) is 0 Å². The van der Waals surface area contributed by atoms with E-state index in [0.717, 1.165) is 13.0 Å². The summed E-state index contributed by atoms with van der Waals surface area (Å²) in [4.78, 5) is 13.9. The van der Waals surface area contributed by atoms with Crippen molar-refractivity contribution in [3.63, 3.8) is 0 Å². The zero-order chi connectivity index (χ0) is 13.7. The number of amides is 1. The fourth-order valence-electron chi connectivity index (χ4n) is 2.38. The fraction of sp³-hybridized carbons (Fsp3) is 0.562. The van der Waals surface area contributed by atoms with E-state index in [9.17, 15) is 4.79 Å². The fourth-order valence-corrected chi connectivity index (χ4v) is 2.38. The van der Waals surface area contributed by atoms with Crippen LogP contribution in [0.5, 0.6) is 0 Å². The summed E-state index contributed by atoms with van der Waals surface area (Å²) in [7, 11) is 0. The Kier molecular flexibility index (Phi) is 4.83. The van der Waals surface area contributed by atoms with Crippen LogP contribution in [0, 0.1) is 5.92 Å². The minimum absolute atomic E-state index is 0.0672. The summed E-state index contributed by atoms with van der Waals surface area (Å²) < 4.78 is 0. The van der Waals surface area contributed by atoms with Gasteiger partial charge in [0, 0.05) is 31.2 Å². The maximum absolute atomic E-state index is 11.4. The maximum Gasteiger partial charge on any atom is 0.222 e. The molecule has 0 aromatic heterocycles. The van der Waals surface area contributed by atoms with Gasteiger partial charge in [-0.3, -0.25) is 4.79 Å². The average molecular weight is 260 g/mol. The van der Waals surface area contributed by atoms with E-state index in [1.165, 1.54) is 37.2 Å². The highest BCUT2D eigenvalue weighted by Crippen LogP contribution is 2.20. The first-order valence-electron chi connectivity index (χ1n) is 7.28. The zero-order valence-corrected chi connectivity index (χ0v) is 12.0. The molecule has 0 aliphatic carbocycles. The van der Waals surface area contributed by atoms with Gasteiger partial charge in [0.2, 0.25) is 5.91 Å². The summed E-state index contributed by atoms with van der Waals surface area (Å²) in [6, 6.07) is 8.75. The van der Waals surface area contributed by atoms with Gasteiger partial charge in [-0.1, -0.05) is 26.0 Å². The lowest BCUT2D eigenvalue weighted by Crippen LogP contribution is -2.29. The predicted octanol–water partition coefficient (Wildman–Crippen LogP) is 2.60. The van der Waals surface area contributed by atoms with E-state index in [-0.39, 0.29) is 11.8 Å². The molecule has 1 aromatic rings. The Balaban J connectivity index is 1.80. The second kappa shape index (κ2) is 6.60. The molecule has 104 valence electrons. The molecular formula is C16H24N2O. The number of carbonyl (C=O) groups is 1. The second-order valence-electron chi connectivity index (χ2n) is 5.56. The lowest BCUT2D eigenvalue weighted by Gasteiger charge is -2.17. The number of hydrogen-bond donors (Lipinski definition) is 1. The van der Waals surface area contributed by atoms with Gasteiger partial charge >= 0.3 is 0 Å². The van der Waals surface area contributed by atoms with Gasteiger partial charge in [0.15, 0.2) is 0 Å². The van der Waals surface area contributed by atoms with Gasteiger partial charge < -0.3 is 10.2 Å². The van der Waals surface area contributed by atoms with Crippen molar-refractivity contribution < 1.29 is 4.79 Å². The summed E-state index contributed by atoms with van der Waals surface area (Å²) in [5, 5.41) is 2.95. The predicted molar refractivity (Wildman–Crippen MR) is 79.4 cm³/mol. The number of nitrogens with one attached hydrogen (secondary N) is 1. The van der Waals surface area contributed by atoms with Crippen molar-refractivity contribution in [3.8, 4) is 0 Å². The van der Waals surface area contributed by atoms with Crippen molar-refractivity contribution in [2.45, 2.75) is 33.1 Å². The van der Waals surface area contributed by atoms with Crippen molar-refractivity contribution in [1.29, 1.82) is 0 Å². The molecule has 1 aliphatic rings. The van der Waals surface area contributed by atoms with Crippen LogP contribution in [0.1, 0.15) is 32.3 Å². The molecule has 1 fully saturated rings. The van der Waals surface area contributed by atoms with Gasteiger partial charge in [0.05, 0.1) is 0 Å². The Morgan fingerprint density at radius 3 is 2.42 bits per heavy atom. The summed E-state index contributed by atoms with van der Waals surface area (Å²) in [6.45, 7) is 6.92. The first-order chi connectivity index (χ1) is 9.16. The van der Waals surface area contributed by atoms with Crippen LogP contribution in [0.25, 0.3) is 0 Å². The number of benzene rings is 1. The van der Waals surface area contributed by atoms with Crippen LogP contribution in [0.4, 0.5) is 5.69 Å². The highest BCUT2D eigenvalue weighted by Gasteiger charge is 2.11. The van der Waals surface area contributed by atoms with Crippen molar-refractivity contribution >= 4 is 11.6 Å². The molecule has 1 aromatic carbocycles. The summed E-state index contributed by atoms with van der Waals surface area (Å²) >= 11 is 0. The largest absolute Gasteiger partial charge is 0.372 e. The first-order valence-corrected chi connectivity index (χ1v) is 7.28. The van der Waals surface area contributed by atoms with E-state index < -0.39 is 0 Å². The highest BCUT2D eigenvalue weighted by atomic mass is 16.1. The molecule has 1 heterocycles. The molecule has 0 unspecified atom stereocenters.